The molecule has 33 heteroatoms. The van der Waals surface area contributed by atoms with E-state index in [0.29, 0.717) is 101 Å². The lowest BCUT2D eigenvalue weighted by Gasteiger charge is -2.32. The molecule has 8 aliphatic rings. The summed E-state index contributed by atoms with van der Waals surface area (Å²) < 4.78 is 51.6. The topological polar surface area (TPSA) is 291 Å². The number of halogens is 5. The van der Waals surface area contributed by atoms with Crippen molar-refractivity contribution in [3.8, 4) is 11.3 Å². The highest BCUT2D eigenvalue weighted by Gasteiger charge is 2.32. The number of thiophene rings is 1. The third-order valence-electron chi connectivity index (χ3n) is 22.7. The lowest BCUT2D eigenvalue weighted by Crippen LogP contribution is -2.35. The van der Waals surface area contributed by atoms with Crippen molar-refractivity contribution in [1.82, 2.24) is 45.2 Å². The summed E-state index contributed by atoms with van der Waals surface area (Å²) in [5.41, 5.74) is 3.63. The van der Waals surface area contributed by atoms with Crippen molar-refractivity contribution >= 4 is 174 Å². The van der Waals surface area contributed by atoms with E-state index in [4.69, 9.17) is 32.0 Å². The lowest BCUT2D eigenvalue weighted by molar-refractivity contribution is -0.120. The first-order valence-electron chi connectivity index (χ1n) is 41.8. The number of carbonyl (C=O) groups excluding carboxylic acids is 8. The van der Waals surface area contributed by atoms with Gasteiger partial charge in [-0.05, 0) is 300 Å². The Kier molecular flexibility index (Phi) is 33.8. The van der Waals surface area contributed by atoms with Crippen molar-refractivity contribution < 1.29 is 60.4 Å². The molecule has 2 aromatic carbocycles. The number of furan rings is 2. The molecule has 1 N–H and O–H groups in total. The number of nitrogens with one attached hydrogen (secondary N) is 1. The fraction of sp³-hybridized carbons (Fsp3) is 0.391. The van der Waals surface area contributed by atoms with Crippen LogP contribution in [-0.2, 0) is 59.2 Å². The molecule has 0 aliphatic carbocycles. The van der Waals surface area contributed by atoms with E-state index < -0.39 is 17.5 Å². The summed E-state index contributed by atoms with van der Waals surface area (Å²) in [4.78, 5) is 141. The minimum Gasteiger partial charge on any atom is -0.469 e. The maximum atomic E-state index is 13.8. The fourth-order valence-electron chi connectivity index (χ4n) is 15.9. The van der Waals surface area contributed by atoms with E-state index in [9.17, 15) is 51.5 Å². The maximum Gasteiger partial charge on any atom is 0.290 e. The quantitative estimate of drug-likeness (QED) is 0.0316. The monoisotopic (exact) mass is 1830 g/mol. The molecule has 8 aliphatic heterocycles. The van der Waals surface area contributed by atoms with Crippen LogP contribution in [0.5, 0.6) is 0 Å². The second-order valence-corrected chi connectivity index (χ2v) is 37.6. The highest BCUT2D eigenvalue weighted by molar-refractivity contribution is 8.19. The van der Waals surface area contributed by atoms with Crippen LogP contribution in [0.4, 0.5) is 41.8 Å². The summed E-state index contributed by atoms with van der Waals surface area (Å²) in [6.07, 6.45) is 35.9. The Labute approximate surface area is 755 Å². The van der Waals surface area contributed by atoms with Gasteiger partial charge in [-0.3, -0.25) is 43.7 Å². The van der Waals surface area contributed by atoms with Gasteiger partial charge in [-0.15, -0.1) is 11.3 Å². The molecule has 0 bridgehead atoms. The summed E-state index contributed by atoms with van der Waals surface area (Å²) in [5, 5.41) is 4.90. The molecule has 17 rings (SSSR count). The van der Waals surface area contributed by atoms with Gasteiger partial charge in [-0.25, -0.2) is 53.0 Å². The number of anilines is 4. The van der Waals surface area contributed by atoms with Gasteiger partial charge < -0.3 is 28.4 Å². The van der Waals surface area contributed by atoms with Crippen molar-refractivity contribution in [2.24, 2.45) is 23.7 Å². The van der Waals surface area contributed by atoms with E-state index >= 15 is 0 Å². The maximum absolute atomic E-state index is 13.8. The van der Waals surface area contributed by atoms with E-state index in [2.05, 4.69) is 82.3 Å². The number of nitrogens with zero attached hydrogens (tertiary/aromatic N) is 12. The molecule has 0 unspecified atom stereocenters. The van der Waals surface area contributed by atoms with Crippen molar-refractivity contribution in [1.29, 1.82) is 0 Å². The Hall–Kier alpha value is -9.89. The SMILES string of the molecule is C.O=C1CC(=O)/C(=C/c2ccnc(N3CCC(CCCc4ccc(F)c(F)c4F)CC3)n2)S1.O=C1CC(=O)/C(=C/c2ccnc(N3CCC(CCCc4ccco4)CC3)n2)S1.O=C1CC(=O)/C(=C/c2ccnc(N3CCC(CCCc4cccs4)CC3)n2)S1.O=C1NC(=O)/C(=C/c2ccnc(N3CCC(CCCc4ccc(-c5ccc(Cl)cc5Cl)o4)CC3)n2)S1. The van der Waals surface area contributed by atoms with E-state index in [1.807, 2.05) is 47.7 Å². The summed E-state index contributed by atoms with van der Waals surface area (Å²) in [7, 11) is 0. The highest BCUT2D eigenvalue weighted by atomic mass is 35.5. The van der Waals surface area contributed by atoms with E-state index in [1.165, 1.54) is 49.5 Å². The first-order chi connectivity index (χ1) is 60.2. The van der Waals surface area contributed by atoms with Crippen molar-refractivity contribution in [3.05, 3.63) is 219 Å². The molecule has 15 heterocycles. The van der Waals surface area contributed by atoms with Crippen molar-refractivity contribution in [2.75, 3.05) is 72.0 Å². The number of carbonyl (C=O) groups is 8. The number of aryl methyl sites for hydroxylation is 4. The number of thioether (sulfide) groups is 4. The number of Topliss-reactive ketones (excluding diaryl/α,β-unsaturated/α-hetero) is 3. The van der Waals surface area contributed by atoms with Gasteiger partial charge in [-0.1, -0.05) is 42.8 Å². The van der Waals surface area contributed by atoms with Crippen LogP contribution in [0.1, 0.15) is 174 Å². The molecule has 9 aromatic rings. The van der Waals surface area contributed by atoms with Crippen LogP contribution in [0.2, 0.25) is 10.0 Å². The number of imide groups is 1. The molecule has 7 aromatic heterocycles. The number of allylic oxidation sites excluding steroid dienone is 3. The van der Waals surface area contributed by atoms with Crippen LogP contribution < -0.4 is 24.9 Å². The van der Waals surface area contributed by atoms with Gasteiger partial charge >= 0.3 is 0 Å². The van der Waals surface area contributed by atoms with Gasteiger partial charge in [0.25, 0.3) is 11.1 Å². The molecule has 0 spiro atoms. The zero-order chi connectivity index (χ0) is 86.4. The Morgan fingerprint density at radius 1 is 0.448 bits per heavy atom. The number of aromatic nitrogens is 8. The number of hydrogen-bond donors (Lipinski definition) is 1. The zero-order valence-corrected chi connectivity index (χ0v) is 73.6. The first kappa shape index (κ1) is 92.8. The summed E-state index contributed by atoms with van der Waals surface area (Å²) in [5.74, 6) is 3.61. The molecule has 8 saturated heterocycles. The predicted molar refractivity (Wildman–Crippen MR) is 490 cm³/mol. The molecular formula is C92H96Cl2F3N13O10S5. The Morgan fingerprint density at radius 2 is 0.872 bits per heavy atom. The van der Waals surface area contributed by atoms with E-state index in [-0.39, 0.29) is 76.1 Å². The largest absolute Gasteiger partial charge is 0.469 e. The van der Waals surface area contributed by atoms with E-state index in [1.54, 1.807) is 85.7 Å². The molecule has 2 amide bonds. The van der Waals surface area contributed by atoms with Gasteiger partial charge in [0.05, 0.1) is 72.9 Å². The standard InChI is InChI=1S/C26H24Cl2N4O3S.C23H22F3N3O2S.C21H23N3O3S.C21H23N3O2S2.CH4/c27-17-4-6-20(21(28)14-17)22-7-5-19(35-22)3-1-2-16-9-12-32(13-10-16)25-29-11-8-18(30-25)15-23-24(33)31-26(34)36-23;24-17-5-4-15(21(25)22(17)26)3-1-2-14-7-10-29(11-8-14)23-27-9-6-16(28-23)12-19-18(30)13-20(31)32-19;2*25-18-14-20(26)28-19(18)13-16-6-9-22-21(23-16)24-10-7-15(8-11-24)3-1-4-17-5-2-12-27-17;/h4-8,11,14-16H,1-3,9-10,12-13H2,(H,31,33,34);4-6,9,12,14H,1-3,7-8,10-11,13H2;2*2,5-6,9,12-13,15H,1,3-4,7-8,10-11,14H2;1H4/b23-15-;19-12-;2*19-13-;. The van der Waals surface area contributed by atoms with Gasteiger partial charge in [0.1, 0.15) is 17.3 Å². The van der Waals surface area contributed by atoms with Crippen LogP contribution >= 0.6 is 81.6 Å². The van der Waals surface area contributed by atoms with Crippen LogP contribution in [0.3, 0.4) is 0 Å². The minimum absolute atomic E-state index is 0. The summed E-state index contributed by atoms with van der Waals surface area (Å²) >= 11 is 18.0. The molecule has 8 fully saturated rings. The minimum atomic E-state index is -1.41. The molecule has 23 nitrogen and oxygen atoms in total. The number of amides is 2. The van der Waals surface area contributed by atoms with Crippen LogP contribution in [0.25, 0.3) is 35.6 Å². The zero-order valence-electron chi connectivity index (χ0n) is 68.0. The third kappa shape index (κ3) is 26.9. The first-order valence-corrected chi connectivity index (χ1v) is 46.7. The Bertz CT molecular complexity index is 5310. The van der Waals surface area contributed by atoms with Crippen LogP contribution in [0, 0.1) is 41.1 Å². The number of rotatable bonds is 25. The van der Waals surface area contributed by atoms with Crippen molar-refractivity contribution in [3.63, 3.8) is 0 Å². The number of hydrogen-bond acceptors (Lipinski definition) is 27. The fourth-order valence-corrected chi connectivity index (χ4v) is 20.3. The highest BCUT2D eigenvalue weighted by Crippen LogP contribution is 2.38. The molecule has 0 saturated carbocycles. The van der Waals surface area contributed by atoms with Crippen molar-refractivity contribution in [2.45, 2.75) is 155 Å². The molecule has 0 atom stereocenters. The number of ketones is 3. The second-order valence-electron chi connectivity index (χ2n) is 31.4. The third-order valence-corrected chi connectivity index (χ3v) is 27.8. The molecule has 654 valence electrons. The normalized spacial score (nSPS) is 18.7. The second kappa shape index (κ2) is 45.5. The lowest BCUT2D eigenvalue weighted by atomic mass is 9.91. The van der Waals surface area contributed by atoms with Gasteiger partial charge in [0, 0.05) is 105 Å². The smallest absolute Gasteiger partial charge is 0.290 e. The van der Waals surface area contributed by atoms with Crippen LogP contribution in [0.15, 0.2) is 156 Å². The van der Waals surface area contributed by atoms with Gasteiger partial charge in [0.2, 0.25) is 39.1 Å². The molecule has 0 radical (unpaired) electrons. The van der Waals surface area contributed by atoms with Crippen LogP contribution in [-0.4, -0.2) is 136 Å². The van der Waals surface area contributed by atoms with E-state index in [0.717, 1.165) is 217 Å². The number of piperidine rings is 4. The summed E-state index contributed by atoms with van der Waals surface area (Å²) in [6, 6.07) is 27.0. The predicted octanol–water partition coefficient (Wildman–Crippen LogP) is 20.2. The average molecular weight is 1830 g/mol. The molecular weight excluding hydrogens is 1740 g/mol. The average Bonchev–Trinajstić information content (AvgIpc) is 1.84. The summed E-state index contributed by atoms with van der Waals surface area (Å²) in [6.45, 7) is 7.14. The van der Waals surface area contributed by atoms with Gasteiger partial charge in [-0.2, -0.15) is 0 Å². The number of benzene rings is 2. The Morgan fingerprint density at radius 3 is 1.26 bits per heavy atom. The van der Waals surface area contributed by atoms with Gasteiger partial charge in [0.15, 0.2) is 34.8 Å². The molecule has 125 heavy (non-hydrogen) atoms. The Balaban J connectivity index is 0.000000143.